The first-order valence-electron chi connectivity index (χ1n) is 16.7. The molecule has 0 N–H and O–H groups in total. The number of fused-ring (bicyclic) bond motifs is 15. The zero-order chi connectivity index (χ0) is 32.1. The van der Waals surface area contributed by atoms with Crippen LogP contribution in [0.5, 0.6) is 0 Å². The van der Waals surface area contributed by atoms with Gasteiger partial charge < -0.3 is 4.57 Å². The molecule has 228 valence electrons. The highest BCUT2D eigenvalue weighted by atomic mass is 32.2. The first kappa shape index (κ1) is 27.5. The summed E-state index contributed by atoms with van der Waals surface area (Å²) in [7, 11) is 0. The third-order valence-corrected chi connectivity index (χ3v) is 12.9. The second-order valence-corrected chi connectivity index (χ2v) is 14.9. The van der Waals surface area contributed by atoms with Crippen LogP contribution in [0.1, 0.15) is 0 Å². The number of hydrogen-bond acceptors (Lipinski definition) is 2. The van der Waals surface area contributed by atoms with E-state index in [2.05, 4.69) is 168 Å². The minimum atomic E-state index is 1.18. The second-order valence-electron chi connectivity index (χ2n) is 12.8. The molecule has 0 aliphatic carbocycles. The number of aromatic nitrogens is 1. The number of benzene rings is 9. The normalized spacial score (nSPS) is 12.7. The smallest absolute Gasteiger partial charge is 0.0698 e. The molecule has 0 spiro atoms. The van der Waals surface area contributed by atoms with Crippen molar-refractivity contribution in [2.24, 2.45) is 0 Å². The Labute approximate surface area is 291 Å². The Balaban J connectivity index is 1.13. The molecule has 3 heteroatoms. The predicted octanol–water partition coefficient (Wildman–Crippen LogP) is 13.7. The minimum Gasteiger partial charge on any atom is -0.308 e. The van der Waals surface area contributed by atoms with Crippen LogP contribution < -0.4 is 0 Å². The predicted molar refractivity (Wildman–Crippen MR) is 211 cm³/mol. The van der Waals surface area contributed by atoms with Crippen molar-refractivity contribution in [2.75, 3.05) is 0 Å². The van der Waals surface area contributed by atoms with E-state index >= 15 is 0 Å². The van der Waals surface area contributed by atoms with Crippen molar-refractivity contribution in [1.29, 1.82) is 0 Å². The summed E-state index contributed by atoms with van der Waals surface area (Å²) in [5, 5.41) is 13.1. The van der Waals surface area contributed by atoms with Crippen LogP contribution in [-0.4, -0.2) is 4.57 Å². The van der Waals surface area contributed by atoms with Crippen LogP contribution in [-0.2, 0) is 0 Å². The van der Waals surface area contributed by atoms with Crippen LogP contribution in [0, 0.1) is 0 Å². The molecule has 11 rings (SSSR count). The summed E-state index contributed by atoms with van der Waals surface area (Å²) >= 11 is 3.82. The molecule has 9 aromatic carbocycles. The van der Waals surface area contributed by atoms with E-state index in [1.165, 1.54) is 101 Å². The maximum Gasteiger partial charge on any atom is 0.0698 e. The van der Waals surface area contributed by atoms with Crippen molar-refractivity contribution in [2.45, 2.75) is 19.6 Å². The maximum atomic E-state index is 2.50. The lowest BCUT2D eigenvalue weighted by Gasteiger charge is -2.22. The Morgan fingerprint density at radius 3 is 1.51 bits per heavy atom. The van der Waals surface area contributed by atoms with E-state index in [0.717, 1.165) is 0 Å². The molecule has 1 aromatic heterocycles. The maximum absolute atomic E-state index is 2.50. The van der Waals surface area contributed by atoms with Gasteiger partial charge >= 0.3 is 0 Å². The van der Waals surface area contributed by atoms with Gasteiger partial charge in [-0.3, -0.25) is 0 Å². The van der Waals surface area contributed by atoms with Crippen LogP contribution in [0.3, 0.4) is 0 Å². The summed E-state index contributed by atoms with van der Waals surface area (Å²) < 4.78 is 2.50. The molecule has 1 aliphatic rings. The van der Waals surface area contributed by atoms with Crippen molar-refractivity contribution in [1.82, 2.24) is 4.57 Å². The lowest BCUT2D eigenvalue weighted by atomic mass is 9.92. The van der Waals surface area contributed by atoms with Gasteiger partial charge in [-0.1, -0.05) is 151 Å². The Morgan fingerprint density at radius 1 is 0.347 bits per heavy atom. The van der Waals surface area contributed by atoms with E-state index in [1.807, 2.05) is 23.5 Å². The first-order valence-corrected chi connectivity index (χ1v) is 18.3. The largest absolute Gasteiger partial charge is 0.308 e. The monoisotopic (exact) mass is 657 g/mol. The summed E-state index contributed by atoms with van der Waals surface area (Å²) in [6, 6.07) is 60.5. The van der Waals surface area contributed by atoms with Crippen molar-refractivity contribution in [3.8, 4) is 16.8 Å². The topological polar surface area (TPSA) is 4.93 Å². The average molecular weight is 658 g/mol. The molecule has 1 aliphatic heterocycles. The van der Waals surface area contributed by atoms with E-state index in [1.54, 1.807) is 0 Å². The van der Waals surface area contributed by atoms with Gasteiger partial charge in [0.05, 0.1) is 15.9 Å². The van der Waals surface area contributed by atoms with E-state index in [4.69, 9.17) is 0 Å². The highest BCUT2D eigenvalue weighted by Crippen LogP contribution is 2.55. The van der Waals surface area contributed by atoms with E-state index in [9.17, 15) is 0 Å². The lowest BCUT2D eigenvalue weighted by molar-refractivity contribution is 1.12. The highest BCUT2D eigenvalue weighted by molar-refractivity contribution is 8.05. The van der Waals surface area contributed by atoms with Gasteiger partial charge in [0.25, 0.3) is 0 Å². The van der Waals surface area contributed by atoms with Gasteiger partial charge in [-0.05, 0) is 90.6 Å². The molecule has 10 aromatic rings. The molecule has 0 unspecified atom stereocenters. The summed E-state index contributed by atoms with van der Waals surface area (Å²) in [4.78, 5) is 5.34. The van der Waals surface area contributed by atoms with Gasteiger partial charge in [0.1, 0.15) is 0 Å². The van der Waals surface area contributed by atoms with Crippen molar-refractivity contribution < 1.29 is 0 Å². The number of para-hydroxylation sites is 1. The summed E-state index contributed by atoms with van der Waals surface area (Å²) in [5.74, 6) is 0. The zero-order valence-corrected chi connectivity index (χ0v) is 28.0. The van der Waals surface area contributed by atoms with Gasteiger partial charge in [-0.25, -0.2) is 0 Å². The van der Waals surface area contributed by atoms with Crippen LogP contribution >= 0.6 is 23.5 Å². The fraction of sp³-hybridized carbons (Fsp3) is 0. The summed E-state index contributed by atoms with van der Waals surface area (Å²) in [5.41, 5.74) is 6.15. The first-order chi connectivity index (χ1) is 24.3. The minimum absolute atomic E-state index is 1.18. The Morgan fingerprint density at radius 2 is 0.837 bits per heavy atom. The molecular weight excluding hydrogens is 631 g/mol. The standard InChI is InChI=1S/C46H27NS2/c1-2-13-33-31(11-1)32-12-3-4-14-34(32)39-27-29(23-26-35(33)39)28-21-24-30(25-22-28)47-40-18-8-7-17-38(40)43-36-15-5-6-16-37(36)45-46(44(43)47)49-42-20-10-9-19-41(42)48-45/h1-27H. The third kappa shape index (κ3) is 3.98. The molecule has 0 amide bonds. The van der Waals surface area contributed by atoms with Crippen LogP contribution in [0.4, 0.5) is 0 Å². The van der Waals surface area contributed by atoms with Gasteiger partial charge in [0.15, 0.2) is 0 Å². The molecule has 0 bridgehead atoms. The quantitative estimate of drug-likeness (QED) is 0.171. The number of nitrogens with zero attached hydrogens (tertiary/aromatic N) is 1. The summed E-state index contributed by atoms with van der Waals surface area (Å²) in [6.45, 7) is 0. The second kappa shape index (κ2) is 10.5. The summed E-state index contributed by atoms with van der Waals surface area (Å²) in [6.07, 6.45) is 0. The number of rotatable bonds is 2. The third-order valence-electron chi connectivity index (χ3n) is 10.2. The van der Waals surface area contributed by atoms with Gasteiger partial charge in [-0.2, -0.15) is 0 Å². The SMILES string of the molecule is c1ccc2c(c1)Sc1c(c3c(c4ccccc14)c1ccccc1n3-c1ccc(-c3ccc4c5ccccc5c5ccccc5c4c3)cc1)S2. The molecule has 0 atom stereocenters. The van der Waals surface area contributed by atoms with E-state index in [0.29, 0.717) is 0 Å². The van der Waals surface area contributed by atoms with E-state index < -0.39 is 0 Å². The van der Waals surface area contributed by atoms with Crippen LogP contribution in [0.2, 0.25) is 0 Å². The molecule has 1 nitrogen and oxygen atoms in total. The van der Waals surface area contributed by atoms with Crippen molar-refractivity contribution >= 4 is 88.4 Å². The molecule has 0 radical (unpaired) electrons. The number of hydrogen-bond donors (Lipinski definition) is 0. The lowest BCUT2D eigenvalue weighted by Crippen LogP contribution is -1.98. The van der Waals surface area contributed by atoms with Crippen molar-refractivity contribution in [3.05, 3.63) is 164 Å². The Hall–Kier alpha value is -5.48. The Bertz CT molecular complexity index is 2950. The van der Waals surface area contributed by atoms with Gasteiger partial charge in [0.2, 0.25) is 0 Å². The molecule has 49 heavy (non-hydrogen) atoms. The van der Waals surface area contributed by atoms with Crippen molar-refractivity contribution in [3.63, 3.8) is 0 Å². The molecule has 2 heterocycles. The highest BCUT2D eigenvalue weighted by Gasteiger charge is 2.27. The fourth-order valence-corrected chi connectivity index (χ4v) is 10.6. The molecular formula is C46H27NS2. The van der Waals surface area contributed by atoms with Gasteiger partial charge in [0, 0.05) is 31.1 Å². The molecule has 0 saturated heterocycles. The van der Waals surface area contributed by atoms with Gasteiger partial charge in [-0.15, -0.1) is 0 Å². The molecule has 0 saturated carbocycles. The fourth-order valence-electron chi connectivity index (χ4n) is 8.05. The average Bonchev–Trinajstić information content (AvgIpc) is 3.53. The molecule has 0 fully saturated rings. The van der Waals surface area contributed by atoms with Crippen LogP contribution in [0.15, 0.2) is 183 Å². The van der Waals surface area contributed by atoms with Crippen LogP contribution in [0.25, 0.3) is 81.7 Å². The zero-order valence-electron chi connectivity index (χ0n) is 26.4. The Kier molecular flexibility index (Phi) is 5.89. The van der Waals surface area contributed by atoms with E-state index in [-0.39, 0.29) is 0 Å².